The molecule has 3 rings (SSSR count). The first-order valence-electron chi connectivity index (χ1n) is 8.17. The maximum Gasteiger partial charge on any atom is 0.283 e. The number of hydrogen-bond donors (Lipinski definition) is 1. The minimum absolute atomic E-state index is 0.0460. The summed E-state index contributed by atoms with van der Waals surface area (Å²) in [5.41, 5.74) is 0.911. The summed E-state index contributed by atoms with van der Waals surface area (Å²) in [5, 5.41) is 0.207. The molecule has 0 fully saturated rings. The van der Waals surface area contributed by atoms with E-state index in [9.17, 15) is 13.2 Å². The van der Waals surface area contributed by atoms with Crippen LogP contribution in [0.4, 0.5) is 0 Å². The van der Waals surface area contributed by atoms with Gasteiger partial charge in [-0.05, 0) is 36.8 Å². The molecule has 2 aromatic rings. The van der Waals surface area contributed by atoms with E-state index >= 15 is 0 Å². The molecule has 1 unspecified atom stereocenters. The fraction of sp³-hybridized carbons (Fsp3) is 0.167. The van der Waals surface area contributed by atoms with Crippen molar-refractivity contribution in [2.75, 3.05) is 0 Å². The molecule has 1 amide bonds. The SMILES string of the molecule is CCC1C=C(C(=O)NS(=O)(=O)c2c(Cl)cccc2Cl)N=C1c1ncccc1Cl. The Kier molecular flexibility index (Phi) is 6.09. The topological polar surface area (TPSA) is 88.5 Å². The van der Waals surface area contributed by atoms with E-state index < -0.39 is 15.9 Å². The molecule has 0 aliphatic carbocycles. The van der Waals surface area contributed by atoms with Crippen molar-refractivity contribution in [3.8, 4) is 0 Å². The molecule has 0 radical (unpaired) electrons. The van der Waals surface area contributed by atoms with Crippen LogP contribution in [-0.4, -0.2) is 25.0 Å². The van der Waals surface area contributed by atoms with E-state index in [4.69, 9.17) is 34.8 Å². The second-order valence-electron chi connectivity index (χ2n) is 5.88. The number of allylic oxidation sites excluding steroid dienone is 1. The van der Waals surface area contributed by atoms with Crippen molar-refractivity contribution in [1.82, 2.24) is 9.71 Å². The van der Waals surface area contributed by atoms with Crippen LogP contribution in [0.25, 0.3) is 0 Å². The highest BCUT2D eigenvalue weighted by Gasteiger charge is 2.30. The van der Waals surface area contributed by atoms with Gasteiger partial charge < -0.3 is 0 Å². The number of halogens is 3. The molecular formula is C18H14Cl3N3O3S. The fourth-order valence-corrected chi connectivity index (χ4v) is 5.05. The molecule has 1 N–H and O–H groups in total. The van der Waals surface area contributed by atoms with Gasteiger partial charge in [-0.25, -0.2) is 18.1 Å². The smallest absolute Gasteiger partial charge is 0.266 e. The van der Waals surface area contributed by atoms with Gasteiger partial charge in [-0.3, -0.25) is 9.78 Å². The number of benzene rings is 1. The van der Waals surface area contributed by atoms with Gasteiger partial charge in [-0.15, -0.1) is 0 Å². The van der Waals surface area contributed by atoms with Gasteiger partial charge in [0.25, 0.3) is 15.9 Å². The largest absolute Gasteiger partial charge is 0.283 e. The first-order chi connectivity index (χ1) is 13.2. The summed E-state index contributed by atoms with van der Waals surface area (Å²) in [7, 11) is -4.29. The summed E-state index contributed by atoms with van der Waals surface area (Å²) in [5.74, 6) is -1.11. The van der Waals surface area contributed by atoms with Crippen molar-refractivity contribution in [2.24, 2.45) is 10.9 Å². The average Bonchev–Trinajstić information content (AvgIpc) is 3.05. The summed E-state index contributed by atoms with van der Waals surface area (Å²) in [6.45, 7) is 1.91. The Labute approximate surface area is 177 Å². The summed E-state index contributed by atoms with van der Waals surface area (Å²) in [6.07, 6.45) is 3.78. The zero-order valence-electron chi connectivity index (χ0n) is 14.5. The summed E-state index contributed by atoms with van der Waals surface area (Å²) in [4.78, 5) is 20.7. The van der Waals surface area contributed by atoms with Gasteiger partial charge in [0.15, 0.2) is 0 Å². The van der Waals surface area contributed by atoms with Crippen LogP contribution >= 0.6 is 34.8 Å². The monoisotopic (exact) mass is 457 g/mol. The van der Waals surface area contributed by atoms with Gasteiger partial charge in [-0.1, -0.05) is 47.8 Å². The molecule has 10 heteroatoms. The maximum absolute atomic E-state index is 12.6. The molecule has 0 saturated carbocycles. The molecular weight excluding hydrogens is 445 g/mol. The Bertz CT molecular complexity index is 1090. The lowest BCUT2D eigenvalue weighted by Crippen LogP contribution is -2.31. The first kappa shape index (κ1) is 20.8. The summed E-state index contributed by atoms with van der Waals surface area (Å²) in [6, 6.07) is 7.59. The molecule has 1 aliphatic heterocycles. The van der Waals surface area contributed by atoms with Crippen molar-refractivity contribution in [3.05, 3.63) is 69.1 Å². The van der Waals surface area contributed by atoms with Crippen LogP contribution in [0.3, 0.4) is 0 Å². The fourth-order valence-electron chi connectivity index (χ4n) is 2.72. The number of carbonyl (C=O) groups is 1. The van der Waals surface area contributed by atoms with Crippen LogP contribution in [-0.2, 0) is 14.8 Å². The average molecular weight is 459 g/mol. The van der Waals surface area contributed by atoms with Crippen LogP contribution in [0.2, 0.25) is 15.1 Å². The number of nitrogens with zero attached hydrogens (tertiary/aromatic N) is 2. The third-order valence-corrected chi connectivity index (χ3v) is 6.63. The number of nitrogens with one attached hydrogen (secondary N) is 1. The van der Waals surface area contributed by atoms with Crippen LogP contribution in [0.15, 0.2) is 58.2 Å². The second-order valence-corrected chi connectivity index (χ2v) is 8.72. The van der Waals surface area contributed by atoms with Gasteiger partial charge in [0.2, 0.25) is 0 Å². The lowest BCUT2D eigenvalue weighted by atomic mass is 9.98. The Balaban J connectivity index is 1.92. The zero-order chi connectivity index (χ0) is 20.5. The lowest BCUT2D eigenvalue weighted by molar-refractivity contribution is -0.115. The molecule has 0 bridgehead atoms. The van der Waals surface area contributed by atoms with E-state index in [0.717, 1.165) is 0 Å². The third-order valence-electron chi connectivity index (χ3n) is 4.04. The van der Waals surface area contributed by atoms with Crippen molar-refractivity contribution in [2.45, 2.75) is 18.2 Å². The highest BCUT2D eigenvalue weighted by Crippen LogP contribution is 2.30. The number of aromatic nitrogens is 1. The van der Waals surface area contributed by atoms with Gasteiger partial charge in [0.1, 0.15) is 16.3 Å². The van der Waals surface area contributed by atoms with Crippen LogP contribution in [0, 0.1) is 5.92 Å². The standard InChI is InChI=1S/C18H14Cl3N3O3S/c1-2-10-9-14(23-15(10)16-11(19)7-4-8-22-16)18(25)24-28(26,27)17-12(20)5-3-6-13(17)21/h3-10H,2H2,1H3,(H,24,25). The molecule has 146 valence electrons. The van der Waals surface area contributed by atoms with Gasteiger partial charge in [-0.2, -0.15) is 0 Å². The minimum atomic E-state index is -4.29. The lowest BCUT2D eigenvalue weighted by Gasteiger charge is -2.09. The highest BCUT2D eigenvalue weighted by atomic mass is 35.5. The predicted octanol–water partition coefficient (Wildman–Crippen LogP) is 4.26. The number of carbonyl (C=O) groups excluding carboxylic acids is 1. The molecule has 0 saturated heterocycles. The van der Waals surface area contributed by atoms with Gasteiger partial charge >= 0.3 is 0 Å². The Morgan fingerprint density at radius 1 is 1.11 bits per heavy atom. The van der Waals surface area contributed by atoms with Crippen molar-refractivity contribution >= 4 is 56.4 Å². The number of sulfonamides is 1. The molecule has 1 atom stereocenters. The van der Waals surface area contributed by atoms with Crippen LogP contribution < -0.4 is 4.72 Å². The van der Waals surface area contributed by atoms with E-state index in [-0.39, 0.29) is 26.6 Å². The molecule has 1 aliphatic rings. The van der Waals surface area contributed by atoms with Crippen molar-refractivity contribution < 1.29 is 13.2 Å². The van der Waals surface area contributed by atoms with Crippen LogP contribution in [0.5, 0.6) is 0 Å². The van der Waals surface area contributed by atoms with Crippen molar-refractivity contribution in [1.29, 1.82) is 0 Å². The first-order valence-corrected chi connectivity index (χ1v) is 10.8. The highest BCUT2D eigenvalue weighted by molar-refractivity contribution is 7.90. The Morgan fingerprint density at radius 3 is 2.36 bits per heavy atom. The molecule has 1 aromatic heterocycles. The van der Waals surface area contributed by atoms with E-state index in [1.54, 1.807) is 24.4 Å². The molecule has 6 nitrogen and oxygen atoms in total. The maximum atomic E-state index is 12.6. The van der Waals surface area contributed by atoms with E-state index in [1.807, 2.05) is 11.6 Å². The van der Waals surface area contributed by atoms with Gasteiger partial charge in [0, 0.05) is 12.1 Å². The van der Waals surface area contributed by atoms with Crippen molar-refractivity contribution in [3.63, 3.8) is 0 Å². The quantitative estimate of drug-likeness (QED) is 0.725. The molecule has 0 spiro atoms. The minimum Gasteiger partial charge on any atom is -0.266 e. The zero-order valence-corrected chi connectivity index (χ0v) is 17.6. The molecule has 1 aromatic carbocycles. The summed E-state index contributed by atoms with van der Waals surface area (Å²) >= 11 is 18.1. The normalized spacial score (nSPS) is 16.5. The summed E-state index contributed by atoms with van der Waals surface area (Å²) < 4.78 is 27.1. The third kappa shape index (κ3) is 4.07. The Morgan fingerprint density at radius 2 is 1.75 bits per heavy atom. The second kappa shape index (κ2) is 8.21. The number of aliphatic imine (C=N–C) groups is 1. The number of pyridine rings is 1. The number of hydrogen-bond acceptors (Lipinski definition) is 5. The van der Waals surface area contributed by atoms with Crippen LogP contribution in [0.1, 0.15) is 19.0 Å². The van der Waals surface area contributed by atoms with E-state index in [2.05, 4.69) is 9.98 Å². The van der Waals surface area contributed by atoms with E-state index in [1.165, 1.54) is 18.2 Å². The molecule has 28 heavy (non-hydrogen) atoms. The van der Waals surface area contributed by atoms with E-state index in [0.29, 0.717) is 22.8 Å². The molecule has 2 heterocycles. The number of rotatable bonds is 5. The predicted molar refractivity (Wildman–Crippen MR) is 109 cm³/mol. The van der Waals surface area contributed by atoms with Gasteiger partial charge in [0.05, 0.1) is 20.8 Å². The number of amides is 1. The Hall–Kier alpha value is -1.93.